The minimum atomic E-state index is -3.07. The molecule has 0 spiro atoms. The molecule has 0 saturated carbocycles. The quantitative estimate of drug-likeness (QED) is 0.766. The van der Waals surface area contributed by atoms with E-state index in [-0.39, 0.29) is 11.7 Å². The molecular weight excluding hydrogens is 384 g/mol. The summed E-state index contributed by atoms with van der Waals surface area (Å²) < 4.78 is 22.7. The number of sulfone groups is 1. The lowest BCUT2D eigenvalue weighted by Gasteiger charge is -2.34. The third kappa shape index (κ3) is 5.79. The molecule has 0 bridgehead atoms. The molecule has 2 aromatic carbocycles. The molecule has 27 heavy (non-hydrogen) atoms. The second-order valence-corrected chi connectivity index (χ2v) is 9.54. The van der Waals surface area contributed by atoms with E-state index >= 15 is 0 Å². The van der Waals surface area contributed by atoms with E-state index in [4.69, 9.17) is 11.6 Å². The van der Waals surface area contributed by atoms with Crippen LogP contribution in [0.25, 0.3) is 0 Å². The fraction of sp³-hybridized carbons (Fsp3) is 0.350. The highest BCUT2D eigenvalue weighted by molar-refractivity contribution is 7.89. The molecule has 5 nitrogen and oxygen atoms in total. The van der Waals surface area contributed by atoms with E-state index < -0.39 is 9.84 Å². The summed E-state index contributed by atoms with van der Waals surface area (Å²) in [5, 5.41) is 0.737. The lowest BCUT2D eigenvalue weighted by atomic mass is 10.1. The number of carbonyl (C=O) groups excluding carboxylic acids is 1. The Hall–Kier alpha value is -1.89. The van der Waals surface area contributed by atoms with Crippen LogP contribution in [0.2, 0.25) is 5.02 Å². The van der Waals surface area contributed by atoms with Crippen LogP contribution < -0.4 is 0 Å². The topological polar surface area (TPSA) is 57.7 Å². The number of benzene rings is 2. The number of piperazine rings is 1. The van der Waals surface area contributed by atoms with Gasteiger partial charge in [0.2, 0.25) is 0 Å². The Balaban J connectivity index is 1.55. The Morgan fingerprint density at radius 3 is 2.26 bits per heavy atom. The first-order chi connectivity index (χ1) is 12.8. The standard InChI is InChI=1S/C20H23ClN2O3S/c1-27(25,26)15-16-5-7-18(8-6-16)20(24)23-11-9-22(10-12-23)14-17-3-2-4-19(21)13-17/h2-8,13H,9-12,14-15H2,1H3. The molecule has 0 atom stereocenters. The molecule has 2 aromatic rings. The SMILES string of the molecule is CS(=O)(=O)Cc1ccc(C(=O)N2CCN(Cc3cccc(Cl)c3)CC2)cc1. The van der Waals surface area contributed by atoms with E-state index in [0.29, 0.717) is 24.2 Å². The van der Waals surface area contributed by atoms with Gasteiger partial charge in [-0.25, -0.2) is 8.42 Å². The summed E-state index contributed by atoms with van der Waals surface area (Å²) in [6.07, 6.45) is 1.20. The van der Waals surface area contributed by atoms with Crippen molar-refractivity contribution in [2.45, 2.75) is 12.3 Å². The van der Waals surface area contributed by atoms with E-state index in [9.17, 15) is 13.2 Å². The third-order valence-electron chi connectivity index (χ3n) is 4.58. The van der Waals surface area contributed by atoms with Crippen LogP contribution in [0.3, 0.4) is 0 Å². The third-order valence-corrected chi connectivity index (χ3v) is 5.68. The van der Waals surface area contributed by atoms with Crippen molar-refractivity contribution in [1.29, 1.82) is 0 Å². The Bertz CT molecular complexity index is 905. The van der Waals surface area contributed by atoms with Crippen LogP contribution in [-0.2, 0) is 22.1 Å². The molecule has 1 saturated heterocycles. The highest BCUT2D eigenvalue weighted by Crippen LogP contribution is 2.16. The van der Waals surface area contributed by atoms with Crippen LogP contribution in [0.1, 0.15) is 21.5 Å². The van der Waals surface area contributed by atoms with Crippen molar-refractivity contribution in [2.75, 3.05) is 32.4 Å². The second kappa shape index (κ2) is 8.42. The first-order valence-electron chi connectivity index (χ1n) is 8.83. The van der Waals surface area contributed by atoms with Crippen LogP contribution >= 0.6 is 11.6 Å². The van der Waals surface area contributed by atoms with Gasteiger partial charge in [-0.15, -0.1) is 0 Å². The number of hydrogen-bond acceptors (Lipinski definition) is 4. The molecule has 0 radical (unpaired) electrons. The normalized spacial score (nSPS) is 15.7. The van der Waals surface area contributed by atoms with Gasteiger partial charge in [0, 0.05) is 49.6 Å². The van der Waals surface area contributed by atoms with Crippen molar-refractivity contribution < 1.29 is 13.2 Å². The molecule has 7 heteroatoms. The molecular formula is C20H23ClN2O3S. The average molecular weight is 407 g/mol. The summed E-state index contributed by atoms with van der Waals surface area (Å²) in [6.45, 7) is 3.78. The molecule has 0 aromatic heterocycles. The first-order valence-corrected chi connectivity index (χ1v) is 11.3. The lowest BCUT2D eigenvalue weighted by Crippen LogP contribution is -2.48. The summed E-state index contributed by atoms with van der Waals surface area (Å²) in [6, 6.07) is 14.7. The maximum absolute atomic E-state index is 12.7. The summed E-state index contributed by atoms with van der Waals surface area (Å²) in [5.41, 5.74) is 2.46. The highest BCUT2D eigenvalue weighted by atomic mass is 35.5. The number of halogens is 1. The van der Waals surface area contributed by atoms with Gasteiger partial charge in [-0.1, -0.05) is 35.9 Å². The van der Waals surface area contributed by atoms with E-state index in [1.54, 1.807) is 24.3 Å². The van der Waals surface area contributed by atoms with Crippen molar-refractivity contribution in [3.05, 3.63) is 70.2 Å². The Morgan fingerprint density at radius 2 is 1.67 bits per heavy atom. The number of carbonyl (C=O) groups is 1. The maximum Gasteiger partial charge on any atom is 0.253 e. The van der Waals surface area contributed by atoms with Crippen LogP contribution in [0.15, 0.2) is 48.5 Å². The van der Waals surface area contributed by atoms with E-state index in [2.05, 4.69) is 11.0 Å². The van der Waals surface area contributed by atoms with Gasteiger partial charge in [-0.3, -0.25) is 9.69 Å². The zero-order chi connectivity index (χ0) is 19.4. The van der Waals surface area contributed by atoms with Crippen molar-refractivity contribution in [3.8, 4) is 0 Å². The van der Waals surface area contributed by atoms with Crippen LogP contribution in [0.4, 0.5) is 0 Å². The molecule has 1 fully saturated rings. The molecule has 144 valence electrons. The summed E-state index contributed by atoms with van der Waals surface area (Å²) in [7, 11) is -3.07. The molecule has 3 rings (SSSR count). The molecule has 1 amide bonds. The Labute approximate surface area is 165 Å². The van der Waals surface area contributed by atoms with Gasteiger partial charge in [0.15, 0.2) is 9.84 Å². The molecule has 0 N–H and O–H groups in total. The second-order valence-electron chi connectivity index (χ2n) is 6.97. The van der Waals surface area contributed by atoms with Crippen LogP contribution in [-0.4, -0.2) is 56.6 Å². The minimum absolute atomic E-state index is 0.0103. The van der Waals surface area contributed by atoms with Crippen molar-refractivity contribution >= 4 is 27.3 Å². The van der Waals surface area contributed by atoms with Gasteiger partial charge in [-0.2, -0.15) is 0 Å². The van der Waals surface area contributed by atoms with Gasteiger partial charge in [-0.05, 0) is 35.4 Å². The molecule has 1 heterocycles. The van der Waals surface area contributed by atoms with Crippen LogP contribution in [0.5, 0.6) is 0 Å². The van der Waals surface area contributed by atoms with E-state index in [1.165, 1.54) is 11.8 Å². The van der Waals surface area contributed by atoms with Crippen LogP contribution in [0, 0.1) is 0 Å². The summed E-state index contributed by atoms with van der Waals surface area (Å²) in [5.74, 6) is -0.0211. The number of amides is 1. The first kappa shape index (κ1) is 19.9. The van der Waals surface area contributed by atoms with E-state index in [1.807, 2.05) is 23.1 Å². The Kier molecular flexibility index (Phi) is 6.19. The fourth-order valence-corrected chi connectivity index (χ4v) is 4.24. The average Bonchev–Trinajstić information content (AvgIpc) is 2.61. The molecule has 1 aliphatic heterocycles. The lowest BCUT2D eigenvalue weighted by molar-refractivity contribution is 0.0628. The molecule has 1 aliphatic rings. The maximum atomic E-state index is 12.7. The van der Waals surface area contributed by atoms with Gasteiger partial charge in [0.1, 0.15) is 0 Å². The zero-order valence-electron chi connectivity index (χ0n) is 15.3. The predicted octanol–water partition coefficient (Wildman–Crippen LogP) is 2.84. The van der Waals surface area contributed by atoms with Gasteiger partial charge in [0.05, 0.1) is 5.75 Å². The smallest absolute Gasteiger partial charge is 0.253 e. The van der Waals surface area contributed by atoms with Gasteiger partial charge >= 0.3 is 0 Å². The number of nitrogens with zero attached hydrogens (tertiary/aromatic N) is 2. The van der Waals surface area contributed by atoms with Crippen molar-refractivity contribution in [1.82, 2.24) is 9.80 Å². The molecule has 0 unspecified atom stereocenters. The number of rotatable bonds is 5. The van der Waals surface area contributed by atoms with E-state index in [0.717, 1.165) is 24.7 Å². The minimum Gasteiger partial charge on any atom is -0.336 e. The largest absolute Gasteiger partial charge is 0.336 e. The Morgan fingerprint density at radius 1 is 1.00 bits per heavy atom. The summed E-state index contributed by atoms with van der Waals surface area (Å²) in [4.78, 5) is 16.8. The summed E-state index contributed by atoms with van der Waals surface area (Å²) >= 11 is 6.04. The fourth-order valence-electron chi connectivity index (χ4n) is 3.23. The zero-order valence-corrected chi connectivity index (χ0v) is 16.8. The number of hydrogen-bond donors (Lipinski definition) is 0. The molecule has 0 aliphatic carbocycles. The van der Waals surface area contributed by atoms with Crippen molar-refractivity contribution in [2.24, 2.45) is 0 Å². The highest BCUT2D eigenvalue weighted by Gasteiger charge is 2.22. The monoisotopic (exact) mass is 406 g/mol. The van der Waals surface area contributed by atoms with Gasteiger partial charge in [0.25, 0.3) is 5.91 Å². The predicted molar refractivity (Wildman–Crippen MR) is 108 cm³/mol. The van der Waals surface area contributed by atoms with Crippen molar-refractivity contribution in [3.63, 3.8) is 0 Å². The van der Waals surface area contributed by atoms with Gasteiger partial charge < -0.3 is 4.90 Å².